The van der Waals surface area contributed by atoms with Gasteiger partial charge in [-0.15, -0.1) is 0 Å². The van der Waals surface area contributed by atoms with Crippen LogP contribution in [0.3, 0.4) is 0 Å². The minimum absolute atomic E-state index is 0.328. The van der Waals surface area contributed by atoms with Crippen molar-refractivity contribution in [1.82, 2.24) is 0 Å². The van der Waals surface area contributed by atoms with Gasteiger partial charge in [0.15, 0.2) is 0 Å². The average Bonchev–Trinajstić information content (AvgIpc) is 2.61. The molecule has 0 bridgehead atoms. The predicted molar refractivity (Wildman–Crippen MR) is 36.0 cm³/mol. The monoisotopic (exact) mass is 155 g/mol. The van der Waals surface area contributed by atoms with Crippen LogP contribution in [-0.4, -0.2) is 12.2 Å². The van der Waals surface area contributed by atoms with Crippen LogP contribution in [0.4, 0.5) is 0 Å². The topological polar surface area (TPSA) is 61.6 Å². The van der Waals surface area contributed by atoms with Crippen LogP contribution in [0, 0.1) is 5.41 Å². The third kappa shape index (κ3) is 0.785. The van der Waals surface area contributed by atoms with Gasteiger partial charge in [0.25, 0.3) is 6.29 Å². The fraction of sp³-hybridized carbons (Fsp3) is 0.571. The van der Waals surface area contributed by atoms with E-state index in [0.717, 1.165) is 12.8 Å². The van der Waals surface area contributed by atoms with E-state index in [4.69, 9.17) is 15.2 Å². The van der Waals surface area contributed by atoms with Crippen LogP contribution in [0.1, 0.15) is 12.8 Å². The lowest BCUT2D eigenvalue weighted by Crippen LogP contribution is -2.35. The Morgan fingerprint density at radius 1 is 1.45 bits per heavy atom. The zero-order valence-corrected chi connectivity index (χ0v) is 5.95. The van der Waals surface area contributed by atoms with Crippen LogP contribution >= 0.6 is 0 Å². The second-order valence-electron chi connectivity index (χ2n) is 2.90. The van der Waals surface area contributed by atoms with Gasteiger partial charge in [0.1, 0.15) is 17.9 Å². The van der Waals surface area contributed by atoms with Gasteiger partial charge in [0.05, 0.1) is 0 Å². The number of carbonyl (C=O) groups excluding carboxylic acids is 1. The summed E-state index contributed by atoms with van der Waals surface area (Å²) in [7, 11) is 0. The second-order valence-corrected chi connectivity index (χ2v) is 2.90. The molecule has 2 aliphatic rings. The second kappa shape index (κ2) is 1.90. The zero-order chi connectivity index (χ0) is 7.90. The maximum absolute atomic E-state index is 10.9. The quantitative estimate of drug-likeness (QED) is 0.615. The third-order valence-electron chi connectivity index (χ3n) is 2.19. The average molecular weight is 155 g/mol. The fourth-order valence-corrected chi connectivity index (χ4v) is 1.23. The molecule has 0 aromatic rings. The molecule has 0 aromatic heterocycles. The number of amides is 1. The predicted octanol–water partition coefficient (Wildman–Crippen LogP) is 0.0960. The number of hydrogen-bond donors (Lipinski definition) is 1. The van der Waals surface area contributed by atoms with Gasteiger partial charge in [0.2, 0.25) is 5.91 Å². The van der Waals surface area contributed by atoms with Crippen molar-refractivity contribution in [3.8, 4) is 0 Å². The Labute approximate surface area is 64.0 Å². The van der Waals surface area contributed by atoms with E-state index in [9.17, 15) is 4.79 Å². The summed E-state index contributed by atoms with van der Waals surface area (Å²) in [5, 5.41) is 0. The number of ether oxygens (including phenoxy) is 2. The van der Waals surface area contributed by atoms with Crippen molar-refractivity contribution in [3.05, 3.63) is 12.5 Å². The summed E-state index contributed by atoms with van der Waals surface area (Å²) >= 11 is 0. The van der Waals surface area contributed by atoms with Crippen LogP contribution in [0.15, 0.2) is 12.5 Å². The highest BCUT2D eigenvalue weighted by Gasteiger charge is 2.58. The number of hydrogen-bond acceptors (Lipinski definition) is 3. The number of nitrogens with two attached hydrogens (primary N) is 1. The van der Waals surface area contributed by atoms with E-state index in [1.54, 1.807) is 0 Å². The van der Waals surface area contributed by atoms with Gasteiger partial charge in [-0.1, -0.05) is 0 Å². The fourth-order valence-electron chi connectivity index (χ4n) is 1.23. The Balaban J connectivity index is 2.09. The maximum atomic E-state index is 10.9. The van der Waals surface area contributed by atoms with Gasteiger partial charge in [0, 0.05) is 0 Å². The summed E-state index contributed by atoms with van der Waals surface area (Å²) in [6.07, 6.45) is 3.95. The van der Waals surface area contributed by atoms with E-state index in [1.807, 2.05) is 0 Å². The highest BCUT2D eigenvalue weighted by molar-refractivity contribution is 5.84. The van der Waals surface area contributed by atoms with E-state index in [2.05, 4.69) is 0 Å². The SMILES string of the molecule is NC(=O)C1(C2OC=CO2)CC1. The van der Waals surface area contributed by atoms with Crippen molar-refractivity contribution in [3.63, 3.8) is 0 Å². The Morgan fingerprint density at radius 2 is 2.00 bits per heavy atom. The first-order chi connectivity index (χ1) is 5.26. The summed E-state index contributed by atoms with van der Waals surface area (Å²) in [5.74, 6) is -0.328. The van der Waals surface area contributed by atoms with Crippen LogP contribution in [0.2, 0.25) is 0 Å². The van der Waals surface area contributed by atoms with Crippen molar-refractivity contribution < 1.29 is 14.3 Å². The molecule has 60 valence electrons. The summed E-state index contributed by atoms with van der Waals surface area (Å²) in [6, 6.07) is 0. The first-order valence-corrected chi connectivity index (χ1v) is 3.51. The normalized spacial score (nSPS) is 25.8. The lowest BCUT2D eigenvalue weighted by molar-refractivity contribution is -0.139. The molecule has 0 saturated heterocycles. The van der Waals surface area contributed by atoms with E-state index in [-0.39, 0.29) is 5.91 Å². The van der Waals surface area contributed by atoms with Crippen LogP contribution in [0.5, 0.6) is 0 Å². The Kier molecular flexibility index (Phi) is 1.13. The van der Waals surface area contributed by atoms with Crippen molar-refractivity contribution >= 4 is 5.91 Å². The molecule has 2 N–H and O–H groups in total. The van der Waals surface area contributed by atoms with Crippen LogP contribution in [0.25, 0.3) is 0 Å². The van der Waals surface area contributed by atoms with Crippen molar-refractivity contribution in [2.75, 3.05) is 0 Å². The van der Waals surface area contributed by atoms with Gasteiger partial charge in [-0.05, 0) is 12.8 Å². The van der Waals surface area contributed by atoms with Gasteiger partial charge in [-0.2, -0.15) is 0 Å². The van der Waals surface area contributed by atoms with E-state index in [1.165, 1.54) is 12.5 Å². The molecule has 4 heteroatoms. The molecule has 4 nitrogen and oxygen atoms in total. The van der Waals surface area contributed by atoms with Crippen molar-refractivity contribution in [2.24, 2.45) is 11.1 Å². The molecule has 0 unspecified atom stereocenters. The smallest absolute Gasteiger partial charge is 0.253 e. The molecule has 0 aromatic carbocycles. The third-order valence-corrected chi connectivity index (χ3v) is 2.19. The largest absolute Gasteiger partial charge is 0.458 e. The van der Waals surface area contributed by atoms with E-state index < -0.39 is 11.7 Å². The first-order valence-electron chi connectivity index (χ1n) is 3.51. The molecule has 1 aliphatic heterocycles. The molecule has 1 fully saturated rings. The minimum Gasteiger partial charge on any atom is -0.458 e. The molecule has 1 aliphatic carbocycles. The molecule has 0 radical (unpaired) electrons. The molecular formula is C7H9NO3. The molecule has 0 atom stereocenters. The van der Waals surface area contributed by atoms with Gasteiger partial charge in [-0.3, -0.25) is 4.79 Å². The molecule has 2 rings (SSSR count). The number of primary amides is 1. The number of rotatable bonds is 2. The zero-order valence-electron chi connectivity index (χ0n) is 5.95. The molecule has 1 amide bonds. The van der Waals surface area contributed by atoms with Gasteiger partial charge < -0.3 is 15.2 Å². The lowest BCUT2D eigenvalue weighted by Gasteiger charge is -2.17. The summed E-state index contributed by atoms with van der Waals surface area (Å²) in [5.41, 5.74) is 4.65. The molecule has 1 saturated carbocycles. The Morgan fingerprint density at radius 3 is 2.36 bits per heavy atom. The summed E-state index contributed by atoms with van der Waals surface area (Å²) < 4.78 is 10.1. The van der Waals surface area contributed by atoms with Gasteiger partial charge >= 0.3 is 0 Å². The molecule has 0 spiro atoms. The first kappa shape index (κ1) is 6.52. The molecule has 1 heterocycles. The Hall–Kier alpha value is -1.19. The standard InChI is InChI=1S/C7H9NO3/c8-5(9)7(1-2-7)6-10-3-4-11-6/h3-4,6H,1-2H2,(H2,8,9). The lowest BCUT2D eigenvalue weighted by atomic mass is 10.1. The van der Waals surface area contributed by atoms with Gasteiger partial charge in [-0.25, -0.2) is 0 Å². The summed E-state index contributed by atoms with van der Waals surface area (Å²) in [4.78, 5) is 10.9. The summed E-state index contributed by atoms with van der Waals surface area (Å²) in [6.45, 7) is 0. The maximum Gasteiger partial charge on any atom is 0.253 e. The number of carbonyl (C=O) groups is 1. The Bertz CT molecular complexity index is 212. The van der Waals surface area contributed by atoms with Crippen molar-refractivity contribution in [2.45, 2.75) is 19.1 Å². The highest BCUT2D eigenvalue weighted by atomic mass is 16.7. The highest BCUT2D eigenvalue weighted by Crippen LogP contribution is 2.51. The van der Waals surface area contributed by atoms with E-state index in [0.29, 0.717) is 0 Å². The molecule has 11 heavy (non-hydrogen) atoms. The molecular weight excluding hydrogens is 146 g/mol. The van der Waals surface area contributed by atoms with Crippen LogP contribution in [-0.2, 0) is 14.3 Å². The van der Waals surface area contributed by atoms with E-state index >= 15 is 0 Å². The van der Waals surface area contributed by atoms with Crippen molar-refractivity contribution in [1.29, 1.82) is 0 Å². The minimum atomic E-state index is -0.538. The van der Waals surface area contributed by atoms with Crippen LogP contribution < -0.4 is 5.73 Å².